The fraction of sp³-hybridized carbons (Fsp3) is 0.900. The first kappa shape index (κ1) is 15.4. The lowest BCUT2D eigenvalue weighted by atomic mass is 9.95. The van der Waals surface area contributed by atoms with Crippen molar-refractivity contribution in [2.24, 2.45) is 5.41 Å². The molecule has 0 rings (SSSR count). The van der Waals surface area contributed by atoms with Gasteiger partial charge in [-0.2, -0.15) is 0 Å². The number of carbonyl (C=O) groups excluding carboxylic acids is 1. The molecule has 0 aromatic rings. The van der Waals surface area contributed by atoms with E-state index in [2.05, 4.69) is 10.0 Å². The highest BCUT2D eigenvalue weighted by molar-refractivity contribution is 7.88. The van der Waals surface area contributed by atoms with Crippen LogP contribution < -0.4 is 10.0 Å². The Bertz CT molecular complexity index is 330. The van der Waals surface area contributed by atoms with Crippen molar-refractivity contribution in [2.75, 3.05) is 12.8 Å². The van der Waals surface area contributed by atoms with Gasteiger partial charge in [-0.15, -0.1) is 0 Å². The molecule has 0 unspecified atom stereocenters. The lowest BCUT2D eigenvalue weighted by molar-refractivity contribution is -0.129. The van der Waals surface area contributed by atoms with Gasteiger partial charge in [-0.3, -0.25) is 4.79 Å². The molecule has 96 valence electrons. The Morgan fingerprint density at radius 2 is 1.81 bits per heavy atom. The van der Waals surface area contributed by atoms with E-state index in [4.69, 9.17) is 0 Å². The molecule has 0 aliphatic carbocycles. The van der Waals surface area contributed by atoms with Crippen molar-refractivity contribution in [1.29, 1.82) is 0 Å². The molecule has 1 atom stereocenters. The molecule has 16 heavy (non-hydrogen) atoms. The fourth-order valence-corrected chi connectivity index (χ4v) is 1.46. The molecule has 0 aromatic heterocycles. The highest BCUT2D eigenvalue weighted by atomic mass is 32.2. The number of carbonyl (C=O) groups is 1. The lowest BCUT2D eigenvalue weighted by Gasteiger charge is -2.21. The van der Waals surface area contributed by atoms with Crippen LogP contribution in [0.25, 0.3) is 0 Å². The SMILES string of the molecule is C[C@H](CCNS(C)(=O)=O)NC(=O)C(C)(C)C. The molecule has 0 aliphatic heterocycles. The highest BCUT2D eigenvalue weighted by Crippen LogP contribution is 2.13. The van der Waals surface area contributed by atoms with Crippen LogP contribution in [0, 0.1) is 5.41 Å². The van der Waals surface area contributed by atoms with Crippen LogP contribution in [0.3, 0.4) is 0 Å². The van der Waals surface area contributed by atoms with Crippen molar-refractivity contribution in [2.45, 2.75) is 40.2 Å². The second-order valence-corrected chi connectivity index (χ2v) is 6.91. The molecule has 2 N–H and O–H groups in total. The van der Waals surface area contributed by atoms with Crippen molar-refractivity contribution < 1.29 is 13.2 Å². The van der Waals surface area contributed by atoms with E-state index in [-0.39, 0.29) is 11.9 Å². The quantitative estimate of drug-likeness (QED) is 0.745. The third kappa shape index (κ3) is 7.64. The molecule has 0 radical (unpaired) electrons. The second kappa shape index (κ2) is 5.63. The van der Waals surface area contributed by atoms with Crippen LogP contribution in [0.4, 0.5) is 0 Å². The van der Waals surface area contributed by atoms with E-state index in [1.807, 2.05) is 27.7 Å². The van der Waals surface area contributed by atoms with Gasteiger partial charge in [-0.25, -0.2) is 13.1 Å². The molecule has 0 heterocycles. The van der Waals surface area contributed by atoms with Crippen LogP contribution >= 0.6 is 0 Å². The maximum absolute atomic E-state index is 11.6. The van der Waals surface area contributed by atoms with Crippen LogP contribution in [-0.4, -0.2) is 33.2 Å². The van der Waals surface area contributed by atoms with Crippen LogP contribution in [0.2, 0.25) is 0 Å². The number of rotatable bonds is 5. The average molecular weight is 250 g/mol. The number of amides is 1. The van der Waals surface area contributed by atoms with Crippen molar-refractivity contribution in [3.05, 3.63) is 0 Å². The van der Waals surface area contributed by atoms with Gasteiger partial charge in [0.05, 0.1) is 6.26 Å². The van der Waals surface area contributed by atoms with Crippen LogP contribution in [0.1, 0.15) is 34.1 Å². The molecule has 0 spiro atoms. The molecule has 5 nitrogen and oxygen atoms in total. The lowest BCUT2D eigenvalue weighted by Crippen LogP contribution is -2.41. The Kier molecular flexibility index (Phi) is 5.41. The maximum Gasteiger partial charge on any atom is 0.225 e. The summed E-state index contributed by atoms with van der Waals surface area (Å²) in [6, 6.07) is -0.0408. The second-order valence-electron chi connectivity index (χ2n) is 5.08. The van der Waals surface area contributed by atoms with Gasteiger partial charge in [0, 0.05) is 18.0 Å². The number of hydrogen-bond donors (Lipinski definition) is 2. The summed E-state index contributed by atoms with van der Waals surface area (Å²) in [6.07, 6.45) is 1.69. The molecule has 1 amide bonds. The smallest absolute Gasteiger partial charge is 0.225 e. The van der Waals surface area contributed by atoms with Crippen LogP contribution in [-0.2, 0) is 14.8 Å². The molecule has 6 heteroatoms. The Balaban J connectivity index is 3.93. The van der Waals surface area contributed by atoms with Gasteiger partial charge in [-0.1, -0.05) is 20.8 Å². The summed E-state index contributed by atoms with van der Waals surface area (Å²) in [5.41, 5.74) is -0.418. The normalized spacial score (nSPS) is 14.6. The molecular formula is C10H22N2O3S. The topological polar surface area (TPSA) is 75.3 Å². The predicted octanol–water partition coefficient (Wildman–Crippen LogP) is 0.477. The van der Waals surface area contributed by atoms with Crippen molar-refractivity contribution in [3.8, 4) is 0 Å². The van der Waals surface area contributed by atoms with E-state index in [0.29, 0.717) is 13.0 Å². The number of hydrogen-bond acceptors (Lipinski definition) is 3. The third-order valence-corrected chi connectivity index (χ3v) is 2.73. The van der Waals surface area contributed by atoms with E-state index in [1.165, 1.54) is 0 Å². The molecule has 0 aliphatic rings. The first-order valence-corrected chi connectivity index (χ1v) is 7.17. The monoisotopic (exact) mass is 250 g/mol. The van der Waals surface area contributed by atoms with Gasteiger partial charge in [0.25, 0.3) is 0 Å². The summed E-state index contributed by atoms with van der Waals surface area (Å²) >= 11 is 0. The zero-order valence-corrected chi connectivity index (χ0v) is 11.4. The molecule has 0 fully saturated rings. The van der Waals surface area contributed by atoms with E-state index < -0.39 is 15.4 Å². The highest BCUT2D eigenvalue weighted by Gasteiger charge is 2.22. The Hall–Kier alpha value is -0.620. The molecule has 0 saturated heterocycles. The largest absolute Gasteiger partial charge is 0.353 e. The van der Waals surface area contributed by atoms with Gasteiger partial charge in [0.15, 0.2) is 0 Å². The van der Waals surface area contributed by atoms with Gasteiger partial charge in [0.2, 0.25) is 15.9 Å². The fourth-order valence-electron chi connectivity index (χ4n) is 0.973. The Labute approximate surface area is 98.0 Å². The van der Waals surface area contributed by atoms with Gasteiger partial charge in [0.1, 0.15) is 0 Å². The summed E-state index contributed by atoms with van der Waals surface area (Å²) in [6.45, 7) is 7.70. The standard InChI is InChI=1S/C10H22N2O3S/c1-8(6-7-11-16(5,14)15)12-9(13)10(2,3)4/h8,11H,6-7H2,1-5H3,(H,12,13)/t8-/m1/s1. The van der Waals surface area contributed by atoms with Gasteiger partial charge >= 0.3 is 0 Å². The summed E-state index contributed by atoms with van der Waals surface area (Å²) in [4.78, 5) is 11.6. The summed E-state index contributed by atoms with van der Waals surface area (Å²) < 4.78 is 24.0. The zero-order chi connectivity index (χ0) is 13.0. The minimum absolute atomic E-state index is 0.0284. The van der Waals surface area contributed by atoms with Crippen molar-refractivity contribution in [3.63, 3.8) is 0 Å². The first-order valence-electron chi connectivity index (χ1n) is 5.28. The minimum atomic E-state index is -3.14. The molecule has 0 aromatic carbocycles. The number of sulfonamides is 1. The third-order valence-electron chi connectivity index (χ3n) is 2.00. The van der Waals surface area contributed by atoms with E-state index in [0.717, 1.165) is 6.26 Å². The summed E-state index contributed by atoms with van der Waals surface area (Å²) in [7, 11) is -3.14. The maximum atomic E-state index is 11.6. The Morgan fingerprint density at radius 3 is 2.19 bits per heavy atom. The molecule has 0 bridgehead atoms. The summed E-state index contributed by atoms with van der Waals surface area (Å²) in [5.74, 6) is -0.0284. The van der Waals surface area contributed by atoms with Crippen LogP contribution in [0.5, 0.6) is 0 Å². The van der Waals surface area contributed by atoms with Crippen molar-refractivity contribution in [1.82, 2.24) is 10.0 Å². The van der Waals surface area contributed by atoms with Gasteiger partial charge in [-0.05, 0) is 13.3 Å². The number of nitrogens with one attached hydrogen (secondary N) is 2. The van der Waals surface area contributed by atoms with Crippen LogP contribution in [0.15, 0.2) is 0 Å². The average Bonchev–Trinajstić information content (AvgIpc) is 1.99. The zero-order valence-electron chi connectivity index (χ0n) is 10.6. The minimum Gasteiger partial charge on any atom is -0.353 e. The first-order chi connectivity index (χ1) is 7.02. The Morgan fingerprint density at radius 1 is 1.31 bits per heavy atom. The van der Waals surface area contributed by atoms with Gasteiger partial charge < -0.3 is 5.32 Å². The molecular weight excluding hydrogens is 228 g/mol. The van der Waals surface area contributed by atoms with E-state index >= 15 is 0 Å². The van der Waals surface area contributed by atoms with E-state index in [1.54, 1.807) is 0 Å². The predicted molar refractivity (Wildman–Crippen MR) is 64.5 cm³/mol. The molecule has 0 saturated carbocycles. The van der Waals surface area contributed by atoms with E-state index in [9.17, 15) is 13.2 Å². The summed E-state index contributed by atoms with van der Waals surface area (Å²) in [5, 5.41) is 2.83. The van der Waals surface area contributed by atoms with Crippen molar-refractivity contribution >= 4 is 15.9 Å².